The number of aryl methyl sites for hydroxylation is 1. The van der Waals surface area contributed by atoms with Gasteiger partial charge in [-0.25, -0.2) is 0 Å². The number of phenolic OH excluding ortho intramolecular Hbond substituents is 2. The molecule has 0 saturated heterocycles. The van der Waals surface area contributed by atoms with Gasteiger partial charge in [-0.3, -0.25) is 0 Å². The van der Waals surface area contributed by atoms with E-state index in [0.29, 0.717) is 18.4 Å². The van der Waals surface area contributed by atoms with E-state index < -0.39 is 6.10 Å². The summed E-state index contributed by atoms with van der Waals surface area (Å²) in [6.45, 7) is 0. The van der Waals surface area contributed by atoms with Crippen molar-refractivity contribution < 1.29 is 15.3 Å². The van der Waals surface area contributed by atoms with E-state index in [1.54, 1.807) is 42.5 Å². The van der Waals surface area contributed by atoms with Gasteiger partial charge in [0.15, 0.2) is 0 Å². The number of hydrogen-bond acceptors (Lipinski definition) is 3. The molecule has 1 atom stereocenters. The summed E-state index contributed by atoms with van der Waals surface area (Å²) in [6.07, 6.45) is 0.443. The third-order valence-electron chi connectivity index (χ3n) is 2.91. The Bertz CT molecular complexity index is 523. The molecular formula is C15H16O3. The van der Waals surface area contributed by atoms with Crippen LogP contribution in [-0.4, -0.2) is 15.3 Å². The number of rotatable bonds is 4. The summed E-state index contributed by atoms with van der Waals surface area (Å²) in [6, 6.07) is 13.7. The topological polar surface area (TPSA) is 60.7 Å². The molecule has 3 heteroatoms. The van der Waals surface area contributed by atoms with Crippen molar-refractivity contribution >= 4 is 0 Å². The molecule has 0 saturated carbocycles. The number of aliphatic hydroxyl groups is 1. The van der Waals surface area contributed by atoms with Gasteiger partial charge in [-0.05, 0) is 36.6 Å². The third kappa shape index (κ3) is 3.02. The predicted octanol–water partition coefficient (Wildman–Crippen LogP) is 2.76. The lowest BCUT2D eigenvalue weighted by Gasteiger charge is -2.12. The first-order valence-corrected chi connectivity index (χ1v) is 5.90. The Labute approximate surface area is 106 Å². The first-order chi connectivity index (χ1) is 8.66. The van der Waals surface area contributed by atoms with Crippen molar-refractivity contribution in [3.05, 3.63) is 59.7 Å². The molecule has 2 rings (SSSR count). The monoisotopic (exact) mass is 244 g/mol. The second-order valence-corrected chi connectivity index (χ2v) is 4.28. The molecule has 0 fully saturated rings. The van der Waals surface area contributed by atoms with Crippen molar-refractivity contribution in [3.8, 4) is 11.5 Å². The van der Waals surface area contributed by atoms with Crippen LogP contribution in [0.25, 0.3) is 0 Å². The molecule has 2 aromatic carbocycles. The molecule has 0 aromatic heterocycles. The van der Waals surface area contributed by atoms with E-state index in [9.17, 15) is 15.3 Å². The molecular weight excluding hydrogens is 228 g/mol. The highest BCUT2D eigenvalue weighted by Gasteiger charge is 2.11. The van der Waals surface area contributed by atoms with Crippen molar-refractivity contribution in [3.63, 3.8) is 0 Å². The number of aromatic hydroxyl groups is 2. The molecule has 3 N–H and O–H groups in total. The smallest absolute Gasteiger partial charge is 0.121 e. The fourth-order valence-electron chi connectivity index (χ4n) is 1.94. The van der Waals surface area contributed by atoms with Crippen LogP contribution >= 0.6 is 0 Å². The Balaban J connectivity index is 2.00. The summed E-state index contributed by atoms with van der Waals surface area (Å²) in [5.41, 5.74) is 1.50. The molecule has 0 heterocycles. The Morgan fingerprint density at radius 1 is 0.944 bits per heavy atom. The maximum absolute atomic E-state index is 10.0. The number of aliphatic hydroxyl groups excluding tert-OH is 1. The quantitative estimate of drug-likeness (QED) is 0.775. The average Bonchev–Trinajstić information content (AvgIpc) is 2.37. The number of para-hydroxylation sites is 1. The fourth-order valence-corrected chi connectivity index (χ4v) is 1.94. The lowest BCUT2D eigenvalue weighted by molar-refractivity contribution is 0.164. The summed E-state index contributed by atoms with van der Waals surface area (Å²) < 4.78 is 0. The van der Waals surface area contributed by atoms with Gasteiger partial charge in [0.25, 0.3) is 0 Å². The van der Waals surface area contributed by atoms with Crippen LogP contribution in [0.15, 0.2) is 48.5 Å². The van der Waals surface area contributed by atoms with E-state index in [1.807, 2.05) is 6.07 Å². The van der Waals surface area contributed by atoms with Crippen LogP contribution in [-0.2, 0) is 6.42 Å². The van der Waals surface area contributed by atoms with Crippen LogP contribution in [0.2, 0.25) is 0 Å². The minimum atomic E-state index is -0.700. The molecule has 0 aliphatic heterocycles. The van der Waals surface area contributed by atoms with Gasteiger partial charge in [-0.15, -0.1) is 0 Å². The molecule has 0 aliphatic carbocycles. The van der Waals surface area contributed by atoms with Crippen LogP contribution in [0, 0.1) is 0 Å². The second kappa shape index (κ2) is 5.56. The van der Waals surface area contributed by atoms with Crippen LogP contribution < -0.4 is 0 Å². The molecule has 18 heavy (non-hydrogen) atoms. The van der Waals surface area contributed by atoms with Crippen LogP contribution in [0.3, 0.4) is 0 Å². The van der Waals surface area contributed by atoms with Gasteiger partial charge < -0.3 is 15.3 Å². The minimum absolute atomic E-state index is 0.112. The average molecular weight is 244 g/mol. The molecule has 1 unspecified atom stereocenters. The molecule has 0 radical (unpaired) electrons. The fraction of sp³-hybridized carbons (Fsp3) is 0.200. The first kappa shape index (κ1) is 12.5. The third-order valence-corrected chi connectivity index (χ3v) is 2.91. The standard InChI is InChI=1S/C15H16O3/c16-12-5-3-4-11(10-12)8-9-15(18)13-6-1-2-7-14(13)17/h1-7,10,15-18H,8-9H2. The number of benzene rings is 2. The maximum atomic E-state index is 10.0. The molecule has 2 aromatic rings. The van der Waals surface area contributed by atoms with E-state index >= 15 is 0 Å². The highest BCUT2D eigenvalue weighted by molar-refractivity contribution is 5.34. The Kier molecular flexibility index (Phi) is 3.85. The van der Waals surface area contributed by atoms with Gasteiger partial charge >= 0.3 is 0 Å². The maximum Gasteiger partial charge on any atom is 0.121 e. The highest BCUT2D eigenvalue weighted by atomic mass is 16.3. The Morgan fingerprint density at radius 3 is 2.44 bits per heavy atom. The van der Waals surface area contributed by atoms with Crippen molar-refractivity contribution in [2.75, 3.05) is 0 Å². The molecule has 0 bridgehead atoms. The molecule has 94 valence electrons. The minimum Gasteiger partial charge on any atom is -0.508 e. The molecule has 0 aliphatic rings. The van der Waals surface area contributed by atoms with Gasteiger partial charge in [0, 0.05) is 5.56 Å². The Morgan fingerprint density at radius 2 is 1.72 bits per heavy atom. The largest absolute Gasteiger partial charge is 0.508 e. The molecule has 0 spiro atoms. The summed E-state index contributed by atoms with van der Waals surface area (Å²) in [4.78, 5) is 0. The molecule has 3 nitrogen and oxygen atoms in total. The highest BCUT2D eigenvalue weighted by Crippen LogP contribution is 2.27. The lowest BCUT2D eigenvalue weighted by atomic mass is 10.0. The van der Waals surface area contributed by atoms with Crippen LogP contribution in [0.4, 0.5) is 0 Å². The van der Waals surface area contributed by atoms with Gasteiger partial charge in [-0.2, -0.15) is 0 Å². The van der Waals surface area contributed by atoms with E-state index in [0.717, 1.165) is 5.56 Å². The second-order valence-electron chi connectivity index (χ2n) is 4.28. The van der Waals surface area contributed by atoms with Crippen molar-refractivity contribution in [2.45, 2.75) is 18.9 Å². The zero-order valence-electron chi connectivity index (χ0n) is 9.95. The van der Waals surface area contributed by atoms with Crippen LogP contribution in [0.1, 0.15) is 23.7 Å². The van der Waals surface area contributed by atoms with Crippen molar-refractivity contribution in [1.82, 2.24) is 0 Å². The van der Waals surface area contributed by atoms with E-state index in [-0.39, 0.29) is 11.5 Å². The summed E-state index contributed by atoms with van der Waals surface area (Å²) in [5.74, 6) is 0.338. The van der Waals surface area contributed by atoms with Gasteiger partial charge in [0.05, 0.1) is 6.10 Å². The lowest BCUT2D eigenvalue weighted by Crippen LogP contribution is -2.00. The van der Waals surface area contributed by atoms with Gasteiger partial charge in [0.2, 0.25) is 0 Å². The molecule has 0 amide bonds. The van der Waals surface area contributed by atoms with E-state index in [1.165, 1.54) is 0 Å². The van der Waals surface area contributed by atoms with Crippen molar-refractivity contribution in [2.24, 2.45) is 0 Å². The van der Waals surface area contributed by atoms with E-state index in [4.69, 9.17) is 0 Å². The van der Waals surface area contributed by atoms with Crippen LogP contribution in [0.5, 0.6) is 11.5 Å². The Hall–Kier alpha value is -2.00. The van der Waals surface area contributed by atoms with Gasteiger partial charge in [-0.1, -0.05) is 30.3 Å². The van der Waals surface area contributed by atoms with Gasteiger partial charge in [0.1, 0.15) is 11.5 Å². The first-order valence-electron chi connectivity index (χ1n) is 5.90. The normalized spacial score (nSPS) is 12.3. The predicted molar refractivity (Wildman–Crippen MR) is 69.5 cm³/mol. The summed E-state index contributed by atoms with van der Waals surface area (Å²) >= 11 is 0. The van der Waals surface area contributed by atoms with E-state index in [2.05, 4.69) is 0 Å². The summed E-state index contributed by atoms with van der Waals surface area (Å²) in [7, 11) is 0. The van der Waals surface area contributed by atoms with Crippen molar-refractivity contribution in [1.29, 1.82) is 0 Å². The zero-order valence-corrected chi connectivity index (χ0v) is 9.95. The summed E-state index contributed by atoms with van der Waals surface area (Å²) in [5, 5.41) is 29.0. The number of hydrogen-bond donors (Lipinski definition) is 3. The zero-order chi connectivity index (χ0) is 13.0. The number of phenols is 2. The SMILES string of the molecule is Oc1cccc(CCC(O)c2ccccc2O)c1.